The summed E-state index contributed by atoms with van der Waals surface area (Å²) in [7, 11) is -1.09. The van der Waals surface area contributed by atoms with Gasteiger partial charge >= 0.3 is 5.97 Å². The van der Waals surface area contributed by atoms with Gasteiger partial charge in [-0.3, -0.25) is 4.79 Å². The summed E-state index contributed by atoms with van der Waals surface area (Å²) >= 11 is 0. The predicted octanol–water partition coefficient (Wildman–Crippen LogP) is 7.87. The van der Waals surface area contributed by atoms with E-state index in [1.54, 1.807) is 0 Å². The maximum absolute atomic E-state index is 11.4. The summed E-state index contributed by atoms with van der Waals surface area (Å²) in [4.78, 5) is 11.4. The SMILES string of the molecule is C1=C[C](P(c2ccccc2)c2ccccc2)C=C1.CC(=O)O[C@H](C)C1=C(P(c2ccccc2)c2ccccc2)[CH]C=C1.[Fe]. The van der Waals surface area contributed by atoms with Crippen LogP contribution in [0.3, 0.4) is 0 Å². The molecule has 43 heavy (non-hydrogen) atoms. The van der Waals surface area contributed by atoms with Gasteiger partial charge in [-0.25, -0.2) is 0 Å². The van der Waals surface area contributed by atoms with Crippen LogP contribution in [0.4, 0.5) is 0 Å². The van der Waals surface area contributed by atoms with Crippen LogP contribution >= 0.6 is 15.8 Å². The number of esters is 1. The van der Waals surface area contributed by atoms with E-state index in [0.717, 1.165) is 5.57 Å². The van der Waals surface area contributed by atoms with Crippen molar-refractivity contribution in [2.45, 2.75) is 20.0 Å². The van der Waals surface area contributed by atoms with Crippen LogP contribution in [0.25, 0.3) is 0 Å². The minimum Gasteiger partial charge on any atom is -0.458 e. The van der Waals surface area contributed by atoms with Crippen molar-refractivity contribution >= 4 is 43.0 Å². The Morgan fingerprint density at radius 1 is 0.581 bits per heavy atom. The smallest absolute Gasteiger partial charge is 0.303 e. The van der Waals surface area contributed by atoms with E-state index in [4.69, 9.17) is 4.74 Å². The van der Waals surface area contributed by atoms with Gasteiger partial charge in [0.15, 0.2) is 0 Å². The molecule has 0 spiro atoms. The van der Waals surface area contributed by atoms with Crippen molar-refractivity contribution in [3.63, 3.8) is 0 Å². The molecule has 2 aliphatic rings. The zero-order valence-corrected chi connectivity index (χ0v) is 27.1. The number of rotatable bonds is 8. The molecule has 5 heteroatoms. The Labute approximate surface area is 269 Å². The third-order valence-corrected chi connectivity index (χ3v) is 11.8. The second-order valence-corrected chi connectivity index (χ2v) is 14.2. The number of hydrogen-bond acceptors (Lipinski definition) is 2. The Bertz CT molecular complexity index is 1470. The van der Waals surface area contributed by atoms with Gasteiger partial charge in [-0.05, 0) is 54.9 Å². The van der Waals surface area contributed by atoms with Gasteiger partial charge in [-0.2, -0.15) is 0 Å². The van der Waals surface area contributed by atoms with Crippen LogP contribution in [-0.4, -0.2) is 12.1 Å². The van der Waals surface area contributed by atoms with E-state index in [2.05, 4.69) is 146 Å². The Morgan fingerprint density at radius 2 is 0.977 bits per heavy atom. The zero-order chi connectivity index (χ0) is 29.1. The standard InChI is InChI=1S/C21H20O2P.C17H14P.Fe/c1-16(23-17(2)22)20-14-9-15-21(20)24(18-10-5-3-6-11-18)19-12-7-4-8-13-19;1-3-9-15(10-4-1)18(17-13-7-8-14-17)16-11-5-2-6-12-16;/h3-16H,1-2H3;1-14H;/t16-;;/m1../s1. The van der Waals surface area contributed by atoms with Crippen molar-refractivity contribution in [3.8, 4) is 0 Å². The maximum Gasteiger partial charge on any atom is 0.303 e. The number of benzene rings is 4. The molecular formula is C38H34FeO2P2. The fourth-order valence-electron chi connectivity index (χ4n) is 4.98. The minimum absolute atomic E-state index is 0. The van der Waals surface area contributed by atoms with Gasteiger partial charge in [-0.15, -0.1) is 0 Å². The summed E-state index contributed by atoms with van der Waals surface area (Å²) in [6, 6.07) is 42.6. The molecule has 0 heterocycles. The second-order valence-electron chi connectivity index (χ2n) is 9.77. The topological polar surface area (TPSA) is 26.3 Å². The molecule has 0 saturated heterocycles. The first-order valence-corrected chi connectivity index (χ1v) is 16.7. The van der Waals surface area contributed by atoms with E-state index >= 15 is 0 Å². The van der Waals surface area contributed by atoms with E-state index in [1.165, 1.54) is 39.1 Å². The second kappa shape index (κ2) is 16.5. The quantitative estimate of drug-likeness (QED) is 0.111. The average molecular weight is 640 g/mol. The largest absolute Gasteiger partial charge is 0.458 e. The summed E-state index contributed by atoms with van der Waals surface area (Å²) in [6.07, 6.45) is 14.7. The molecule has 4 aromatic rings. The molecular weight excluding hydrogens is 606 g/mol. The van der Waals surface area contributed by atoms with Crippen LogP contribution in [-0.2, 0) is 26.6 Å². The molecule has 0 aliphatic heterocycles. The van der Waals surface area contributed by atoms with E-state index in [-0.39, 0.29) is 29.1 Å². The molecule has 216 valence electrons. The normalized spacial score (nSPS) is 14.4. The molecule has 0 unspecified atom stereocenters. The Morgan fingerprint density at radius 3 is 1.37 bits per heavy atom. The third-order valence-electron chi connectivity index (χ3n) is 6.81. The molecule has 0 aromatic heterocycles. The van der Waals surface area contributed by atoms with Gasteiger partial charge in [0, 0.05) is 30.4 Å². The molecule has 0 amide bonds. The van der Waals surface area contributed by atoms with Crippen molar-refractivity contribution in [1.82, 2.24) is 0 Å². The van der Waals surface area contributed by atoms with Crippen molar-refractivity contribution in [1.29, 1.82) is 0 Å². The van der Waals surface area contributed by atoms with Crippen molar-refractivity contribution in [2.24, 2.45) is 0 Å². The van der Waals surface area contributed by atoms with Crippen LogP contribution in [0, 0.1) is 12.1 Å². The number of carbonyl (C=O) groups is 1. The number of carbonyl (C=O) groups excluding carboxylic acids is 1. The van der Waals surface area contributed by atoms with Crippen LogP contribution in [0.5, 0.6) is 0 Å². The molecule has 1 atom stereocenters. The summed E-state index contributed by atoms with van der Waals surface area (Å²) < 4.78 is 5.43. The molecule has 6 rings (SSSR count). The van der Waals surface area contributed by atoms with Gasteiger partial charge in [0.25, 0.3) is 0 Å². The Balaban J connectivity index is 0.000000199. The summed E-state index contributed by atoms with van der Waals surface area (Å²) in [5.41, 5.74) is 2.51. The van der Waals surface area contributed by atoms with Gasteiger partial charge < -0.3 is 4.74 Å². The molecule has 0 bridgehead atoms. The van der Waals surface area contributed by atoms with Crippen LogP contribution in [0.2, 0.25) is 0 Å². The fourth-order valence-corrected chi connectivity index (χ4v) is 9.83. The van der Waals surface area contributed by atoms with Crippen molar-refractivity contribution in [2.75, 3.05) is 0 Å². The number of ether oxygens (including phenoxy) is 1. The summed E-state index contributed by atoms with van der Waals surface area (Å²) in [5, 5.41) is 6.65. The summed E-state index contributed by atoms with van der Waals surface area (Å²) in [5.74, 6) is -0.251. The van der Waals surface area contributed by atoms with Gasteiger partial charge in [0.05, 0.1) is 5.66 Å². The van der Waals surface area contributed by atoms with E-state index in [1.807, 2.05) is 25.1 Å². The number of allylic oxidation sites excluding steroid dienone is 6. The van der Waals surface area contributed by atoms with Crippen molar-refractivity contribution in [3.05, 3.63) is 181 Å². The van der Waals surface area contributed by atoms with E-state index in [0.29, 0.717) is 0 Å². The molecule has 2 nitrogen and oxygen atoms in total. The first-order valence-electron chi connectivity index (χ1n) is 14.1. The Kier molecular flexibility index (Phi) is 12.5. The molecule has 2 radical (unpaired) electrons. The first-order chi connectivity index (χ1) is 20.6. The van der Waals surface area contributed by atoms with Crippen LogP contribution in [0.15, 0.2) is 169 Å². The average Bonchev–Trinajstić information content (AvgIpc) is 3.73. The van der Waals surface area contributed by atoms with Gasteiger partial charge in [0.1, 0.15) is 6.10 Å². The molecule has 0 N–H and O–H groups in total. The molecule has 4 aromatic carbocycles. The third kappa shape index (κ3) is 8.63. The van der Waals surface area contributed by atoms with Crippen molar-refractivity contribution < 1.29 is 26.6 Å². The Hall–Kier alpha value is -3.31. The monoisotopic (exact) mass is 640 g/mol. The van der Waals surface area contributed by atoms with Crippen LogP contribution < -0.4 is 21.2 Å². The van der Waals surface area contributed by atoms with Gasteiger partial charge in [-0.1, -0.05) is 158 Å². The van der Waals surface area contributed by atoms with Crippen LogP contribution in [0.1, 0.15) is 13.8 Å². The van der Waals surface area contributed by atoms with E-state index < -0.39 is 15.8 Å². The predicted molar refractivity (Wildman–Crippen MR) is 181 cm³/mol. The van der Waals surface area contributed by atoms with E-state index in [9.17, 15) is 4.79 Å². The summed E-state index contributed by atoms with van der Waals surface area (Å²) in [6.45, 7) is 3.39. The first kappa shape index (κ1) is 32.6. The maximum atomic E-state index is 11.4. The minimum atomic E-state index is -0.678. The van der Waals surface area contributed by atoms with Gasteiger partial charge in [0.2, 0.25) is 0 Å². The molecule has 2 aliphatic carbocycles. The number of hydrogen-bond donors (Lipinski definition) is 0. The fraction of sp³-hybridized carbons (Fsp3) is 0.0789. The molecule has 0 fully saturated rings. The zero-order valence-electron chi connectivity index (χ0n) is 24.2. The molecule has 0 saturated carbocycles.